The summed E-state index contributed by atoms with van der Waals surface area (Å²) in [5, 5.41) is 4.11. The first-order valence-electron chi connectivity index (χ1n) is 8.70. The van der Waals surface area contributed by atoms with E-state index in [0.29, 0.717) is 12.1 Å². The smallest absolute Gasteiger partial charge is 0.271 e. The van der Waals surface area contributed by atoms with Crippen LogP contribution in [0.15, 0.2) is 58.2 Å². The second-order valence-corrected chi connectivity index (χ2v) is 6.24. The van der Waals surface area contributed by atoms with Crippen molar-refractivity contribution in [3.63, 3.8) is 0 Å². The highest BCUT2D eigenvalue weighted by Gasteiger charge is 2.09. The average Bonchev–Trinajstić information content (AvgIpc) is 3.26. The van der Waals surface area contributed by atoms with Gasteiger partial charge in [0.1, 0.15) is 5.76 Å². The summed E-state index contributed by atoms with van der Waals surface area (Å²) in [6.07, 6.45) is 4.31. The molecule has 0 bridgehead atoms. The van der Waals surface area contributed by atoms with E-state index < -0.39 is 0 Å². The zero-order valence-electron chi connectivity index (χ0n) is 15.3. The summed E-state index contributed by atoms with van der Waals surface area (Å²) in [6, 6.07) is 13.4. The molecule has 5 nitrogen and oxygen atoms in total. The standard InChI is InChI=1S/C21H23N3O2/c1-4-17-7-9-18(10-8-17)21(25)23-22-13-19-12-15(2)24(16(19)3)14-20-6-5-11-26-20/h5-13H,4,14H2,1-3H3,(H,23,25)/b22-13-. The molecule has 1 amide bonds. The molecule has 0 spiro atoms. The summed E-state index contributed by atoms with van der Waals surface area (Å²) in [5.41, 5.74) is 7.55. The number of nitrogens with zero attached hydrogens (tertiary/aromatic N) is 2. The van der Waals surface area contributed by atoms with Crippen molar-refractivity contribution in [3.8, 4) is 0 Å². The van der Waals surface area contributed by atoms with Crippen LogP contribution < -0.4 is 5.43 Å². The molecular formula is C21H23N3O2. The van der Waals surface area contributed by atoms with Crippen LogP contribution in [-0.4, -0.2) is 16.7 Å². The van der Waals surface area contributed by atoms with Crippen molar-refractivity contribution in [1.29, 1.82) is 0 Å². The first-order chi connectivity index (χ1) is 12.6. The molecule has 0 aliphatic heterocycles. The quantitative estimate of drug-likeness (QED) is 0.539. The predicted octanol–water partition coefficient (Wildman–Crippen LogP) is 4.07. The van der Waals surface area contributed by atoms with E-state index in [1.165, 1.54) is 5.56 Å². The minimum absolute atomic E-state index is 0.215. The number of hydrogen-bond donors (Lipinski definition) is 1. The van der Waals surface area contributed by atoms with Crippen LogP contribution in [0.3, 0.4) is 0 Å². The van der Waals surface area contributed by atoms with Crippen LogP contribution in [0.25, 0.3) is 0 Å². The molecule has 0 saturated carbocycles. The van der Waals surface area contributed by atoms with Crippen LogP contribution in [0, 0.1) is 13.8 Å². The van der Waals surface area contributed by atoms with E-state index in [1.807, 2.05) is 56.3 Å². The van der Waals surface area contributed by atoms with Crippen LogP contribution in [-0.2, 0) is 13.0 Å². The number of aromatic nitrogens is 1. The van der Waals surface area contributed by atoms with Crippen molar-refractivity contribution in [1.82, 2.24) is 9.99 Å². The van der Waals surface area contributed by atoms with Gasteiger partial charge in [-0.2, -0.15) is 5.10 Å². The minimum Gasteiger partial charge on any atom is -0.467 e. The van der Waals surface area contributed by atoms with Crippen molar-refractivity contribution in [3.05, 3.63) is 82.6 Å². The normalized spacial score (nSPS) is 11.2. The van der Waals surface area contributed by atoms with Crippen LogP contribution >= 0.6 is 0 Å². The maximum atomic E-state index is 12.2. The summed E-state index contributed by atoms with van der Waals surface area (Å²) >= 11 is 0. The number of benzene rings is 1. The largest absolute Gasteiger partial charge is 0.467 e. The first kappa shape index (κ1) is 17.7. The Bertz CT molecular complexity index is 904. The van der Waals surface area contributed by atoms with Gasteiger partial charge < -0.3 is 8.98 Å². The van der Waals surface area contributed by atoms with Gasteiger partial charge in [0.15, 0.2) is 0 Å². The number of nitrogens with one attached hydrogen (secondary N) is 1. The maximum Gasteiger partial charge on any atom is 0.271 e. The molecule has 26 heavy (non-hydrogen) atoms. The molecule has 5 heteroatoms. The third kappa shape index (κ3) is 3.94. The van der Waals surface area contributed by atoms with Gasteiger partial charge in [-0.05, 0) is 56.2 Å². The predicted molar refractivity (Wildman–Crippen MR) is 103 cm³/mol. The Morgan fingerprint density at radius 3 is 2.65 bits per heavy atom. The molecule has 1 N–H and O–H groups in total. The van der Waals surface area contributed by atoms with E-state index in [9.17, 15) is 4.79 Å². The minimum atomic E-state index is -0.215. The van der Waals surface area contributed by atoms with Gasteiger partial charge >= 0.3 is 0 Å². The molecule has 1 aromatic carbocycles. The summed E-state index contributed by atoms with van der Waals surface area (Å²) in [7, 11) is 0. The Morgan fingerprint density at radius 1 is 1.23 bits per heavy atom. The van der Waals surface area contributed by atoms with Crippen molar-refractivity contribution < 1.29 is 9.21 Å². The lowest BCUT2D eigenvalue weighted by molar-refractivity contribution is 0.0955. The van der Waals surface area contributed by atoms with Gasteiger partial charge in [-0.25, -0.2) is 5.43 Å². The molecule has 0 fully saturated rings. The van der Waals surface area contributed by atoms with Gasteiger partial charge in [0.2, 0.25) is 0 Å². The number of carbonyl (C=O) groups is 1. The van der Waals surface area contributed by atoms with Crippen LogP contribution in [0.5, 0.6) is 0 Å². The topological polar surface area (TPSA) is 59.5 Å². The molecule has 2 heterocycles. The SMILES string of the molecule is CCc1ccc(C(=O)N/N=C\c2cc(C)n(Cc3ccco3)c2C)cc1. The highest BCUT2D eigenvalue weighted by Crippen LogP contribution is 2.16. The Kier molecular flexibility index (Phi) is 5.37. The molecule has 134 valence electrons. The molecule has 0 saturated heterocycles. The van der Waals surface area contributed by atoms with E-state index >= 15 is 0 Å². The number of furan rings is 1. The van der Waals surface area contributed by atoms with Crippen molar-refractivity contribution in [2.24, 2.45) is 5.10 Å². The molecule has 2 aromatic heterocycles. The lowest BCUT2D eigenvalue weighted by atomic mass is 10.1. The van der Waals surface area contributed by atoms with Crippen molar-refractivity contribution in [2.45, 2.75) is 33.7 Å². The van der Waals surface area contributed by atoms with E-state index in [-0.39, 0.29) is 5.91 Å². The van der Waals surface area contributed by atoms with Crippen LogP contribution in [0.2, 0.25) is 0 Å². The molecule has 3 rings (SSSR count). The summed E-state index contributed by atoms with van der Waals surface area (Å²) in [4.78, 5) is 12.2. The van der Waals surface area contributed by atoms with Crippen molar-refractivity contribution in [2.75, 3.05) is 0 Å². The van der Waals surface area contributed by atoms with Gasteiger partial charge in [-0.1, -0.05) is 19.1 Å². The van der Waals surface area contributed by atoms with Crippen molar-refractivity contribution >= 4 is 12.1 Å². The summed E-state index contributed by atoms with van der Waals surface area (Å²) in [5.74, 6) is 0.687. The number of hydrogen-bond acceptors (Lipinski definition) is 3. The number of carbonyl (C=O) groups excluding carboxylic acids is 1. The average molecular weight is 349 g/mol. The van der Waals surface area contributed by atoms with E-state index in [2.05, 4.69) is 22.0 Å². The lowest BCUT2D eigenvalue weighted by Crippen LogP contribution is -2.17. The molecule has 0 aliphatic carbocycles. The first-order valence-corrected chi connectivity index (χ1v) is 8.70. The highest BCUT2D eigenvalue weighted by atomic mass is 16.3. The molecular weight excluding hydrogens is 326 g/mol. The Hall–Kier alpha value is -3.08. The maximum absolute atomic E-state index is 12.2. The fourth-order valence-electron chi connectivity index (χ4n) is 2.88. The number of amides is 1. The third-order valence-electron chi connectivity index (χ3n) is 4.50. The van der Waals surface area contributed by atoms with Gasteiger partial charge in [0.05, 0.1) is 19.0 Å². The van der Waals surface area contributed by atoms with E-state index in [1.54, 1.807) is 12.5 Å². The van der Waals surface area contributed by atoms with Gasteiger partial charge in [-0.15, -0.1) is 0 Å². The molecule has 0 aliphatic rings. The number of aryl methyl sites for hydroxylation is 2. The van der Waals surface area contributed by atoms with Crippen LogP contribution in [0.1, 0.15) is 45.6 Å². The molecule has 0 unspecified atom stereocenters. The number of rotatable bonds is 6. The Labute approximate surface area is 153 Å². The zero-order chi connectivity index (χ0) is 18.5. The second kappa shape index (κ2) is 7.87. The van der Waals surface area contributed by atoms with Gasteiger partial charge in [0.25, 0.3) is 5.91 Å². The van der Waals surface area contributed by atoms with Crippen LogP contribution in [0.4, 0.5) is 0 Å². The molecule has 0 atom stereocenters. The molecule has 0 radical (unpaired) electrons. The Balaban J connectivity index is 1.67. The highest BCUT2D eigenvalue weighted by molar-refractivity contribution is 5.95. The second-order valence-electron chi connectivity index (χ2n) is 6.24. The van der Waals surface area contributed by atoms with Gasteiger partial charge in [-0.3, -0.25) is 4.79 Å². The molecule has 3 aromatic rings. The monoisotopic (exact) mass is 349 g/mol. The van der Waals surface area contributed by atoms with Gasteiger partial charge in [0, 0.05) is 22.5 Å². The zero-order valence-corrected chi connectivity index (χ0v) is 15.3. The van der Waals surface area contributed by atoms with E-state index in [4.69, 9.17) is 4.42 Å². The fraction of sp³-hybridized carbons (Fsp3) is 0.238. The van der Waals surface area contributed by atoms with E-state index in [0.717, 1.165) is 29.1 Å². The lowest BCUT2D eigenvalue weighted by Gasteiger charge is -2.07. The summed E-state index contributed by atoms with van der Waals surface area (Å²) < 4.78 is 7.58. The summed E-state index contributed by atoms with van der Waals surface area (Å²) in [6.45, 7) is 6.83. The number of hydrazone groups is 1. The Morgan fingerprint density at radius 2 is 2.00 bits per heavy atom. The third-order valence-corrected chi connectivity index (χ3v) is 4.50. The fourth-order valence-corrected chi connectivity index (χ4v) is 2.88.